The van der Waals surface area contributed by atoms with Crippen LogP contribution in [0.25, 0.3) is 11.3 Å². The second-order valence-electron chi connectivity index (χ2n) is 5.24. The second-order valence-corrected chi connectivity index (χ2v) is 5.24. The topological polar surface area (TPSA) is 54.7 Å². The molecule has 0 radical (unpaired) electrons. The van der Waals surface area contributed by atoms with E-state index in [4.69, 9.17) is 5.73 Å². The lowest BCUT2D eigenvalue weighted by Gasteiger charge is -2.04. The number of nitrogens with zero attached hydrogens (tertiary/aromatic N) is 1. The van der Waals surface area contributed by atoms with E-state index in [-0.39, 0.29) is 0 Å². The van der Waals surface area contributed by atoms with Gasteiger partial charge in [0.1, 0.15) is 5.82 Å². The Bertz CT molecular complexity index is 499. The number of H-pyrrole nitrogens is 1. The highest BCUT2D eigenvalue weighted by atomic mass is 14.9. The SMILES string of the molecule is CCCc1ccc(-c2cnc(CC(C)CN)[nH]2)cc1. The number of nitrogens with one attached hydrogen (secondary N) is 1. The molecule has 0 amide bonds. The summed E-state index contributed by atoms with van der Waals surface area (Å²) >= 11 is 0. The molecule has 1 atom stereocenters. The summed E-state index contributed by atoms with van der Waals surface area (Å²) in [5.41, 5.74) is 9.31. The molecule has 0 fully saturated rings. The van der Waals surface area contributed by atoms with Crippen LogP contribution in [0.4, 0.5) is 0 Å². The fourth-order valence-corrected chi connectivity index (χ4v) is 2.17. The van der Waals surface area contributed by atoms with Gasteiger partial charge in [-0.05, 0) is 30.0 Å². The molecule has 3 nitrogen and oxygen atoms in total. The van der Waals surface area contributed by atoms with Crippen LogP contribution in [0.3, 0.4) is 0 Å². The van der Waals surface area contributed by atoms with E-state index in [1.165, 1.54) is 17.5 Å². The number of hydrogen-bond acceptors (Lipinski definition) is 2. The molecule has 1 heterocycles. The predicted octanol–water partition coefficient (Wildman–Crippen LogP) is 3.17. The van der Waals surface area contributed by atoms with Crippen molar-refractivity contribution in [2.45, 2.75) is 33.1 Å². The van der Waals surface area contributed by atoms with Gasteiger partial charge >= 0.3 is 0 Å². The van der Waals surface area contributed by atoms with Gasteiger partial charge in [-0.15, -0.1) is 0 Å². The molecule has 0 spiro atoms. The van der Waals surface area contributed by atoms with Gasteiger partial charge in [0.25, 0.3) is 0 Å². The highest BCUT2D eigenvalue weighted by Gasteiger charge is 2.06. The highest BCUT2D eigenvalue weighted by molar-refractivity contribution is 5.58. The Morgan fingerprint density at radius 1 is 1.26 bits per heavy atom. The molecule has 3 N–H and O–H groups in total. The van der Waals surface area contributed by atoms with Crippen LogP contribution in [0, 0.1) is 5.92 Å². The van der Waals surface area contributed by atoms with Gasteiger partial charge in [0.05, 0.1) is 11.9 Å². The van der Waals surface area contributed by atoms with E-state index in [0.29, 0.717) is 12.5 Å². The predicted molar refractivity (Wildman–Crippen MR) is 79.9 cm³/mol. The number of aromatic nitrogens is 2. The van der Waals surface area contributed by atoms with E-state index in [2.05, 4.69) is 48.1 Å². The number of hydrogen-bond donors (Lipinski definition) is 2. The fourth-order valence-electron chi connectivity index (χ4n) is 2.17. The Morgan fingerprint density at radius 3 is 2.63 bits per heavy atom. The molecule has 102 valence electrons. The van der Waals surface area contributed by atoms with Crippen LogP contribution in [0.5, 0.6) is 0 Å². The zero-order chi connectivity index (χ0) is 13.7. The summed E-state index contributed by atoms with van der Waals surface area (Å²) in [5, 5.41) is 0. The van der Waals surface area contributed by atoms with Crippen molar-refractivity contribution in [1.29, 1.82) is 0 Å². The van der Waals surface area contributed by atoms with Gasteiger partial charge in [0.15, 0.2) is 0 Å². The third-order valence-electron chi connectivity index (χ3n) is 3.38. The maximum atomic E-state index is 5.64. The van der Waals surface area contributed by atoms with Gasteiger partial charge in [0, 0.05) is 6.42 Å². The Morgan fingerprint density at radius 2 is 2.00 bits per heavy atom. The third kappa shape index (κ3) is 3.67. The lowest BCUT2D eigenvalue weighted by Crippen LogP contribution is -2.13. The monoisotopic (exact) mass is 257 g/mol. The van der Waals surface area contributed by atoms with Gasteiger partial charge in [-0.2, -0.15) is 0 Å². The molecular weight excluding hydrogens is 234 g/mol. The van der Waals surface area contributed by atoms with Crippen LogP contribution < -0.4 is 5.73 Å². The minimum atomic E-state index is 0.464. The van der Waals surface area contributed by atoms with E-state index >= 15 is 0 Å². The first kappa shape index (κ1) is 13.8. The summed E-state index contributed by atoms with van der Waals surface area (Å²) in [7, 11) is 0. The molecular formula is C16H23N3. The Kier molecular flexibility index (Phi) is 4.74. The molecule has 0 bridgehead atoms. The summed E-state index contributed by atoms with van der Waals surface area (Å²) in [6.45, 7) is 5.04. The minimum absolute atomic E-state index is 0.464. The Balaban J connectivity index is 2.09. The molecule has 2 aromatic rings. The summed E-state index contributed by atoms with van der Waals surface area (Å²) in [6, 6.07) is 8.72. The largest absolute Gasteiger partial charge is 0.342 e. The van der Waals surface area contributed by atoms with Crippen LogP contribution in [-0.2, 0) is 12.8 Å². The molecule has 2 rings (SSSR count). The van der Waals surface area contributed by atoms with E-state index in [9.17, 15) is 0 Å². The van der Waals surface area contributed by atoms with Crippen molar-refractivity contribution in [3.63, 3.8) is 0 Å². The molecule has 0 aliphatic heterocycles. The van der Waals surface area contributed by atoms with Gasteiger partial charge < -0.3 is 10.7 Å². The minimum Gasteiger partial charge on any atom is -0.342 e. The van der Waals surface area contributed by atoms with Crippen molar-refractivity contribution in [3.8, 4) is 11.3 Å². The van der Waals surface area contributed by atoms with Gasteiger partial charge in [-0.3, -0.25) is 0 Å². The summed E-state index contributed by atoms with van der Waals surface area (Å²) in [6.07, 6.45) is 5.14. The number of aromatic amines is 1. The molecule has 19 heavy (non-hydrogen) atoms. The maximum absolute atomic E-state index is 5.64. The number of aryl methyl sites for hydroxylation is 1. The second kappa shape index (κ2) is 6.53. The van der Waals surface area contributed by atoms with Gasteiger partial charge in [0.2, 0.25) is 0 Å². The van der Waals surface area contributed by atoms with Gasteiger partial charge in [-0.1, -0.05) is 44.5 Å². The highest BCUT2D eigenvalue weighted by Crippen LogP contribution is 2.19. The summed E-state index contributed by atoms with van der Waals surface area (Å²) in [4.78, 5) is 7.81. The quantitative estimate of drug-likeness (QED) is 0.835. The lowest BCUT2D eigenvalue weighted by atomic mass is 10.1. The van der Waals surface area contributed by atoms with E-state index in [1.807, 2.05) is 6.20 Å². The number of imidazole rings is 1. The maximum Gasteiger partial charge on any atom is 0.106 e. The molecule has 0 aliphatic carbocycles. The first-order chi connectivity index (χ1) is 9.22. The average molecular weight is 257 g/mol. The Hall–Kier alpha value is -1.61. The van der Waals surface area contributed by atoms with E-state index < -0.39 is 0 Å². The molecule has 0 saturated heterocycles. The molecule has 0 saturated carbocycles. The smallest absolute Gasteiger partial charge is 0.106 e. The first-order valence-corrected chi connectivity index (χ1v) is 7.06. The number of nitrogens with two attached hydrogens (primary N) is 1. The number of benzene rings is 1. The van der Waals surface area contributed by atoms with Crippen molar-refractivity contribution in [2.75, 3.05) is 6.54 Å². The standard InChI is InChI=1S/C16H23N3/c1-3-4-13-5-7-14(8-6-13)15-11-18-16(19-15)9-12(2)10-17/h5-8,11-12H,3-4,9-10,17H2,1-2H3,(H,18,19). The normalized spacial score (nSPS) is 12.6. The van der Waals surface area contributed by atoms with Crippen molar-refractivity contribution < 1.29 is 0 Å². The van der Waals surface area contributed by atoms with Crippen molar-refractivity contribution in [1.82, 2.24) is 9.97 Å². The van der Waals surface area contributed by atoms with Crippen LogP contribution in [0.1, 0.15) is 31.7 Å². The van der Waals surface area contributed by atoms with E-state index in [1.54, 1.807) is 0 Å². The van der Waals surface area contributed by atoms with Crippen molar-refractivity contribution >= 4 is 0 Å². The summed E-state index contributed by atoms with van der Waals surface area (Å²) in [5.74, 6) is 1.48. The molecule has 3 heteroatoms. The van der Waals surface area contributed by atoms with Crippen molar-refractivity contribution in [3.05, 3.63) is 41.9 Å². The number of rotatable bonds is 6. The van der Waals surface area contributed by atoms with Crippen LogP contribution in [0.15, 0.2) is 30.5 Å². The molecule has 1 aromatic carbocycles. The summed E-state index contributed by atoms with van der Waals surface area (Å²) < 4.78 is 0. The third-order valence-corrected chi connectivity index (χ3v) is 3.38. The zero-order valence-corrected chi connectivity index (χ0v) is 11.8. The molecule has 0 aliphatic rings. The van der Waals surface area contributed by atoms with E-state index in [0.717, 1.165) is 24.4 Å². The Labute approximate surface area is 115 Å². The van der Waals surface area contributed by atoms with Gasteiger partial charge in [-0.25, -0.2) is 4.98 Å². The zero-order valence-electron chi connectivity index (χ0n) is 11.8. The lowest BCUT2D eigenvalue weighted by molar-refractivity contribution is 0.577. The van der Waals surface area contributed by atoms with Crippen LogP contribution >= 0.6 is 0 Å². The van der Waals surface area contributed by atoms with Crippen molar-refractivity contribution in [2.24, 2.45) is 11.7 Å². The first-order valence-electron chi connectivity index (χ1n) is 7.06. The average Bonchev–Trinajstić information content (AvgIpc) is 2.88. The van der Waals surface area contributed by atoms with Crippen LogP contribution in [-0.4, -0.2) is 16.5 Å². The molecule has 1 aromatic heterocycles. The molecule has 1 unspecified atom stereocenters. The fraction of sp³-hybridized carbons (Fsp3) is 0.438. The van der Waals surface area contributed by atoms with Crippen LogP contribution in [0.2, 0.25) is 0 Å².